The van der Waals surface area contributed by atoms with Crippen LogP contribution in [0.4, 0.5) is 13.2 Å². The van der Waals surface area contributed by atoms with Crippen LogP contribution in [0.2, 0.25) is 0 Å². The fourth-order valence-corrected chi connectivity index (χ4v) is 5.18. The van der Waals surface area contributed by atoms with Gasteiger partial charge in [0.2, 0.25) is 0 Å². The van der Waals surface area contributed by atoms with E-state index < -0.39 is 11.7 Å². The Morgan fingerprint density at radius 2 is 1.85 bits per heavy atom. The number of aromatic nitrogens is 3. The van der Waals surface area contributed by atoms with Crippen molar-refractivity contribution in [1.82, 2.24) is 19.9 Å². The number of nitrogens with one attached hydrogen (secondary N) is 1. The molecule has 5 aromatic rings. The Kier molecular flexibility index (Phi) is 6.35. The van der Waals surface area contributed by atoms with E-state index in [4.69, 9.17) is 4.74 Å². The van der Waals surface area contributed by atoms with E-state index in [9.17, 15) is 13.2 Å². The molecule has 1 aliphatic heterocycles. The summed E-state index contributed by atoms with van der Waals surface area (Å²) in [6, 6.07) is 21.2. The zero-order chi connectivity index (χ0) is 27.0. The van der Waals surface area contributed by atoms with Gasteiger partial charge >= 0.3 is 6.18 Å². The van der Waals surface area contributed by atoms with Crippen LogP contribution in [0.1, 0.15) is 24.5 Å². The maximum absolute atomic E-state index is 13.6. The van der Waals surface area contributed by atoms with Gasteiger partial charge in [0.25, 0.3) is 0 Å². The highest BCUT2D eigenvalue weighted by atomic mass is 19.4. The van der Waals surface area contributed by atoms with Crippen molar-refractivity contribution in [2.45, 2.75) is 31.6 Å². The number of benzene rings is 2. The number of nitrogens with zero attached hydrogens (tertiary/aromatic N) is 3. The molecular formula is C31H27F3N4O. The zero-order valence-electron chi connectivity index (χ0n) is 21.4. The first-order valence-electron chi connectivity index (χ1n) is 12.8. The van der Waals surface area contributed by atoms with Crippen LogP contribution in [0.3, 0.4) is 0 Å². The molecule has 1 saturated heterocycles. The van der Waals surface area contributed by atoms with Crippen molar-refractivity contribution in [3.05, 3.63) is 103 Å². The number of fused-ring (bicyclic) bond motifs is 1. The van der Waals surface area contributed by atoms with Crippen molar-refractivity contribution in [3.63, 3.8) is 0 Å². The van der Waals surface area contributed by atoms with Crippen molar-refractivity contribution < 1.29 is 17.9 Å². The van der Waals surface area contributed by atoms with Crippen molar-refractivity contribution in [2.75, 3.05) is 13.2 Å². The summed E-state index contributed by atoms with van der Waals surface area (Å²) in [5.41, 5.74) is 4.08. The smallest absolute Gasteiger partial charge is 0.416 e. The topological polar surface area (TPSA) is 54.0 Å². The van der Waals surface area contributed by atoms with E-state index in [1.165, 1.54) is 17.7 Å². The highest BCUT2D eigenvalue weighted by Crippen LogP contribution is 2.42. The molecule has 4 heterocycles. The number of hydrogen-bond acceptors (Lipinski definition) is 4. The molecule has 0 radical (unpaired) electrons. The minimum atomic E-state index is -4.45. The number of hydrogen-bond donors (Lipinski definition) is 1. The van der Waals surface area contributed by atoms with Gasteiger partial charge in [-0.25, -0.2) is 0 Å². The lowest BCUT2D eigenvalue weighted by Crippen LogP contribution is -2.60. The van der Waals surface area contributed by atoms with Gasteiger partial charge in [0.15, 0.2) is 0 Å². The van der Waals surface area contributed by atoms with Gasteiger partial charge in [-0.15, -0.1) is 0 Å². The summed E-state index contributed by atoms with van der Waals surface area (Å²) in [7, 11) is 0. The first kappa shape index (κ1) is 25.1. The highest BCUT2D eigenvalue weighted by molar-refractivity contribution is 6.02. The van der Waals surface area contributed by atoms with Crippen molar-refractivity contribution >= 4 is 11.0 Å². The van der Waals surface area contributed by atoms with Crippen LogP contribution in [0, 0.1) is 0 Å². The Morgan fingerprint density at radius 3 is 2.62 bits per heavy atom. The van der Waals surface area contributed by atoms with Gasteiger partial charge in [0.05, 0.1) is 34.0 Å². The standard InChI is InChI=1S/C31H27F3N4O/c1-30(13-16-38(30)19-21-7-3-2-4-8-21)20-39-26-18-35-15-12-24(26)28-27(29-25(37-28)11-6-14-36-29)22-9-5-10-23(17-22)31(32,33)34/h2-12,14-15,17-18,37H,13,16,19-20H2,1H3/t30-/m1/s1. The van der Waals surface area contributed by atoms with Crippen molar-refractivity contribution in [1.29, 1.82) is 0 Å². The van der Waals surface area contributed by atoms with E-state index in [1.807, 2.05) is 30.3 Å². The molecule has 6 rings (SSSR count). The average Bonchev–Trinajstić information content (AvgIpc) is 3.34. The molecule has 0 unspecified atom stereocenters. The van der Waals surface area contributed by atoms with E-state index in [0.29, 0.717) is 40.3 Å². The van der Waals surface area contributed by atoms with Crippen molar-refractivity contribution in [3.8, 4) is 28.1 Å². The fourth-order valence-electron chi connectivity index (χ4n) is 5.18. The van der Waals surface area contributed by atoms with Gasteiger partial charge in [-0.05, 0) is 54.8 Å². The molecule has 5 nitrogen and oxygen atoms in total. The molecule has 1 atom stereocenters. The van der Waals surface area contributed by atoms with Gasteiger partial charge < -0.3 is 9.72 Å². The summed E-state index contributed by atoms with van der Waals surface area (Å²) >= 11 is 0. The number of rotatable bonds is 7. The summed E-state index contributed by atoms with van der Waals surface area (Å²) in [5.74, 6) is 0.560. The Balaban J connectivity index is 1.35. The summed E-state index contributed by atoms with van der Waals surface area (Å²) < 4.78 is 47.1. The van der Waals surface area contributed by atoms with E-state index in [1.54, 1.807) is 30.7 Å². The lowest BCUT2D eigenvalue weighted by Gasteiger charge is -2.50. The molecule has 2 aromatic carbocycles. The summed E-state index contributed by atoms with van der Waals surface area (Å²) in [6.07, 6.45) is 1.50. The lowest BCUT2D eigenvalue weighted by atomic mass is 9.87. The second-order valence-electron chi connectivity index (χ2n) is 10.2. The first-order chi connectivity index (χ1) is 18.8. The third-order valence-electron chi connectivity index (χ3n) is 7.53. The lowest BCUT2D eigenvalue weighted by molar-refractivity contribution is -0.137. The van der Waals surface area contributed by atoms with E-state index in [0.717, 1.165) is 31.1 Å². The second-order valence-corrected chi connectivity index (χ2v) is 10.2. The van der Waals surface area contributed by atoms with Crippen LogP contribution >= 0.6 is 0 Å². The molecule has 1 N–H and O–H groups in total. The highest BCUT2D eigenvalue weighted by Gasteiger charge is 2.41. The van der Waals surface area contributed by atoms with Crippen LogP contribution in [0.25, 0.3) is 33.4 Å². The molecule has 1 fully saturated rings. The number of pyridine rings is 2. The van der Waals surface area contributed by atoms with Gasteiger partial charge in [-0.1, -0.05) is 42.5 Å². The van der Waals surface area contributed by atoms with E-state index in [2.05, 4.69) is 38.9 Å². The molecule has 39 heavy (non-hydrogen) atoms. The summed E-state index contributed by atoms with van der Waals surface area (Å²) in [6.45, 7) is 4.47. The predicted octanol–water partition coefficient (Wildman–Crippen LogP) is 7.35. The SMILES string of the molecule is C[C@]1(COc2cnccc2-c2[nH]c3cccnc3c2-c2cccc(C(F)(F)F)c2)CCN1Cc1ccccc1. The van der Waals surface area contributed by atoms with Gasteiger partial charge in [-0.3, -0.25) is 14.9 Å². The normalized spacial score (nSPS) is 17.7. The predicted molar refractivity (Wildman–Crippen MR) is 145 cm³/mol. The molecule has 1 aliphatic rings. The third kappa shape index (κ3) is 4.88. The molecule has 0 amide bonds. The Bertz CT molecular complexity index is 1620. The van der Waals surface area contributed by atoms with Crippen LogP contribution < -0.4 is 4.74 Å². The van der Waals surface area contributed by atoms with Crippen LogP contribution in [0.5, 0.6) is 5.75 Å². The number of halogens is 3. The number of likely N-dealkylation sites (tertiary alicyclic amines) is 1. The number of aromatic amines is 1. The number of ether oxygens (including phenoxy) is 1. The van der Waals surface area contributed by atoms with Gasteiger partial charge in [0.1, 0.15) is 12.4 Å². The Labute approximate surface area is 224 Å². The van der Waals surface area contributed by atoms with Crippen LogP contribution in [-0.2, 0) is 12.7 Å². The minimum absolute atomic E-state index is 0.144. The summed E-state index contributed by atoms with van der Waals surface area (Å²) in [4.78, 5) is 14.6. The van der Waals surface area contributed by atoms with Gasteiger partial charge in [0, 0.05) is 36.6 Å². The molecule has 0 bridgehead atoms. The number of alkyl halides is 3. The van der Waals surface area contributed by atoms with Crippen LogP contribution in [0.15, 0.2) is 91.4 Å². The van der Waals surface area contributed by atoms with E-state index in [-0.39, 0.29) is 5.54 Å². The Hall–Kier alpha value is -4.17. The number of H-pyrrole nitrogens is 1. The zero-order valence-corrected chi connectivity index (χ0v) is 21.4. The average molecular weight is 529 g/mol. The maximum atomic E-state index is 13.6. The molecule has 8 heteroatoms. The first-order valence-corrected chi connectivity index (χ1v) is 12.8. The van der Waals surface area contributed by atoms with Gasteiger partial charge in [-0.2, -0.15) is 13.2 Å². The molecule has 0 aliphatic carbocycles. The molecule has 3 aromatic heterocycles. The minimum Gasteiger partial charge on any atom is -0.489 e. The monoisotopic (exact) mass is 528 g/mol. The quantitative estimate of drug-likeness (QED) is 0.240. The maximum Gasteiger partial charge on any atom is 0.416 e. The summed E-state index contributed by atoms with van der Waals surface area (Å²) in [5, 5.41) is 0. The van der Waals surface area contributed by atoms with Crippen molar-refractivity contribution in [2.24, 2.45) is 0 Å². The fraction of sp³-hybridized carbons (Fsp3) is 0.226. The second kappa shape index (κ2) is 9.85. The molecule has 198 valence electrons. The van der Waals surface area contributed by atoms with Crippen LogP contribution in [-0.4, -0.2) is 38.5 Å². The third-order valence-corrected chi connectivity index (χ3v) is 7.53. The largest absolute Gasteiger partial charge is 0.489 e. The molecular weight excluding hydrogens is 501 g/mol. The molecule has 0 spiro atoms. The Morgan fingerprint density at radius 1 is 1.00 bits per heavy atom. The van der Waals surface area contributed by atoms with E-state index >= 15 is 0 Å². The molecule has 0 saturated carbocycles.